The fourth-order valence-corrected chi connectivity index (χ4v) is 7.19. The molecule has 0 aliphatic carbocycles. The van der Waals surface area contributed by atoms with Gasteiger partial charge in [0, 0.05) is 0 Å². The van der Waals surface area contributed by atoms with E-state index < -0.39 is 55.2 Å². The number of ether oxygens (including phenoxy) is 1. The van der Waals surface area contributed by atoms with Gasteiger partial charge in [-0.25, -0.2) is 30.9 Å². The number of hydrogen-bond donors (Lipinski definition) is 3. The maximum absolute atomic E-state index is 13.8. The minimum Gasteiger partial charge on any atom is -0.406 e. The molecule has 1 aliphatic heterocycles. The molecule has 1 amide bonds. The summed E-state index contributed by atoms with van der Waals surface area (Å²) in [5.74, 6) is -1.66. The van der Waals surface area contributed by atoms with E-state index in [1.807, 2.05) is 4.72 Å². The molecule has 226 valence electrons. The quantitative estimate of drug-likeness (QED) is 0.232. The fraction of sp³-hybridized carbons (Fsp3) is 0.185. The largest absolute Gasteiger partial charge is 0.573 e. The molecule has 3 N–H and O–H groups in total. The Morgan fingerprint density at radius 2 is 1.74 bits per heavy atom. The van der Waals surface area contributed by atoms with Crippen molar-refractivity contribution >= 4 is 26.0 Å². The lowest BCUT2D eigenvalue weighted by Crippen LogP contribution is -2.31. The van der Waals surface area contributed by atoms with Crippen LogP contribution in [0, 0.1) is 5.82 Å². The van der Waals surface area contributed by atoms with Crippen LogP contribution in [0.25, 0.3) is 11.3 Å². The molecule has 1 aliphatic rings. The number of carbonyl (C=O) groups is 1. The van der Waals surface area contributed by atoms with Crippen molar-refractivity contribution in [1.29, 1.82) is 0 Å². The molecule has 43 heavy (non-hydrogen) atoms. The molecule has 0 radical (unpaired) electrons. The monoisotopic (exact) mass is 638 g/mol. The van der Waals surface area contributed by atoms with Crippen molar-refractivity contribution in [2.75, 3.05) is 0 Å². The first-order valence-corrected chi connectivity index (χ1v) is 15.5. The molecular weight excluding hydrogens is 616 g/mol. The molecule has 4 aromatic rings. The van der Waals surface area contributed by atoms with Gasteiger partial charge in [-0.3, -0.25) is 9.52 Å². The third kappa shape index (κ3) is 7.21. The molecule has 1 aromatic heterocycles. The zero-order valence-electron chi connectivity index (χ0n) is 21.8. The van der Waals surface area contributed by atoms with E-state index in [-0.39, 0.29) is 23.6 Å². The summed E-state index contributed by atoms with van der Waals surface area (Å²) in [7, 11) is -8.13. The minimum atomic E-state index is -4.85. The van der Waals surface area contributed by atoms with Crippen molar-refractivity contribution in [3.63, 3.8) is 0 Å². The number of nitrogens with zero attached hydrogens (tertiary/aromatic N) is 1. The van der Waals surface area contributed by atoms with Crippen molar-refractivity contribution in [3.05, 3.63) is 102 Å². The second-order valence-electron chi connectivity index (χ2n) is 9.59. The minimum absolute atomic E-state index is 0.00867. The number of carbonyl (C=O) groups excluding carboxylic acids is 1. The summed E-state index contributed by atoms with van der Waals surface area (Å²) < 4.78 is 110. The Labute approximate surface area is 243 Å². The van der Waals surface area contributed by atoms with Crippen LogP contribution in [0.3, 0.4) is 0 Å². The first-order chi connectivity index (χ1) is 20.2. The second kappa shape index (κ2) is 11.4. The first kappa shape index (κ1) is 30.2. The van der Waals surface area contributed by atoms with Crippen LogP contribution in [0.4, 0.5) is 17.6 Å². The van der Waals surface area contributed by atoms with Gasteiger partial charge >= 0.3 is 6.36 Å². The fourth-order valence-electron chi connectivity index (χ4n) is 4.53. The van der Waals surface area contributed by atoms with Crippen LogP contribution in [-0.2, 0) is 31.3 Å². The molecule has 10 nitrogen and oxygen atoms in total. The highest BCUT2D eigenvalue weighted by molar-refractivity contribution is 7.90. The van der Waals surface area contributed by atoms with Crippen LogP contribution in [-0.4, -0.2) is 39.1 Å². The molecule has 5 rings (SSSR count). The van der Waals surface area contributed by atoms with E-state index in [4.69, 9.17) is 0 Å². The standard InChI is InChI=1S/C27H22F4N4O6S2/c28-19-2-1-3-21(13-19)42(37,38)34-22(12-16-4-6-18(7-5-16)24-14-25(36)35-43(24,39)40)26-32-15-23(33-26)17-8-10-20(11-9-17)41-27(29,30)31/h1-11,13,15,22,24,34H,12,14H2,(H,32,33)(H,35,36). The predicted molar refractivity (Wildman–Crippen MR) is 145 cm³/mol. The number of rotatable bonds is 9. The number of hydrogen-bond acceptors (Lipinski definition) is 7. The van der Waals surface area contributed by atoms with E-state index in [1.54, 1.807) is 12.1 Å². The summed E-state index contributed by atoms with van der Waals surface area (Å²) in [6.07, 6.45) is -3.70. The van der Waals surface area contributed by atoms with Gasteiger partial charge in [-0.1, -0.05) is 30.3 Å². The maximum Gasteiger partial charge on any atom is 0.573 e. The van der Waals surface area contributed by atoms with E-state index in [1.165, 1.54) is 42.6 Å². The van der Waals surface area contributed by atoms with Gasteiger partial charge in [0.1, 0.15) is 22.6 Å². The Kier molecular flexibility index (Phi) is 8.02. The van der Waals surface area contributed by atoms with Crippen molar-refractivity contribution in [1.82, 2.24) is 19.4 Å². The summed E-state index contributed by atoms with van der Waals surface area (Å²) in [6, 6.07) is 14.5. The molecule has 0 saturated carbocycles. The number of alkyl halides is 3. The van der Waals surface area contributed by atoms with E-state index in [2.05, 4.69) is 19.4 Å². The number of halogens is 4. The van der Waals surface area contributed by atoms with E-state index in [9.17, 15) is 39.2 Å². The number of sulfonamides is 2. The molecule has 2 unspecified atom stereocenters. The Morgan fingerprint density at radius 1 is 1.05 bits per heavy atom. The Balaban J connectivity index is 1.43. The number of amides is 1. The number of aromatic nitrogens is 2. The smallest absolute Gasteiger partial charge is 0.406 e. The third-order valence-corrected chi connectivity index (χ3v) is 9.69. The molecule has 0 spiro atoms. The van der Waals surface area contributed by atoms with Crippen LogP contribution in [0.15, 0.2) is 83.9 Å². The van der Waals surface area contributed by atoms with Crippen LogP contribution in [0.1, 0.15) is 34.7 Å². The number of H-pyrrole nitrogens is 1. The Bertz CT molecular complexity index is 1860. The maximum atomic E-state index is 13.8. The van der Waals surface area contributed by atoms with Gasteiger partial charge in [0.25, 0.3) is 0 Å². The summed E-state index contributed by atoms with van der Waals surface area (Å²) in [5, 5.41) is -1.06. The van der Waals surface area contributed by atoms with Crippen LogP contribution < -0.4 is 14.2 Å². The lowest BCUT2D eigenvalue weighted by atomic mass is 10.0. The van der Waals surface area contributed by atoms with Crippen LogP contribution in [0.5, 0.6) is 5.75 Å². The van der Waals surface area contributed by atoms with Crippen molar-refractivity contribution in [2.45, 2.75) is 35.4 Å². The SMILES string of the molecule is O=C1CC(c2ccc(CC(NS(=O)(=O)c3cccc(F)c3)c3ncc(-c4ccc(OC(F)(F)F)cc4)[nH]3)cc2)S(=O)(=O)N1. The van der Waals surface area contributed by atoms with Crippen LogP contribution in [0.2, 0.25) is 0 Å². The highest BCUT2D eigenvalue weighted by atomic mass is 32.2. The first-order valence-electron chi connectivity index (χ1n) is 12.5. The molecular formula is C27H22F4N4O6S2. The molecule has 2 atom stereocenters. The number of benzene rings is 3. The Morgan fingerprint density at radius 3 is 2.35 bits per heavy atom. The van der Waals surface area contributed by atoms with Crippen molar-refractivity contribution < 1.29 is 43.9 Å². The van der Waals surface area contributed by atoms with Gasteiger partial charge in [-0.05, 0) is 65.6 Å². The lowest BCUT2D eigenvalue weighted by molar-refractivity contribution is -0.274. The zero-order valence-corrected chi connectivity index (χ0v) is 23.4. The summed E-state index contributed by atoms with van der Waals surface area (Å²) in [4.78, 5) is 18.5. The average molecular weight is 639 g/mol. The number of imidazole rings is 1. The third-order valence-electron chi connectivity index (χ3n) is 6.52. The molecule has 1 saturated heterocycles. The highest BCUT2D eigenvalue weighted by Crippen LogP contribution is 2.31. The number of aromatic amines is 1. The normalized spacial score (nSPS) is 17.4. The van der Waals surface area contributed by atoms with Gasteiger partial charge in [0.2, 0.25) is 26.0 Å². The molecule has 1 fully saturated rings. The second-order valence-corrected chi connectivity index (χ2v) is 13.2. The summed E-state index contributed by atoms with van der Waals surface area (Å²) >= 11 is 0. The van der Waals surface area contributed by atoms with Crippen molar-refractivity contribution in [3.8, 4) is 17.0 Å². The molecule has 0 bridgehead atoms. The highest BCUT2D eigenvalue weighted by Gasteiger charge is 2.38. The van der Waals surface area contributed by atoms with Gasteiger partial charge in [0.15, 0.2) is 0 Å². The molecule has 16 heteroatoms. The van der Waals surface area contributed by atoms with E-state index in [0.29, 0.717) is 22.4 Å². The topological polar surface area (TPSA) is 147 Å². The molecule has 3 aromatic carbocycles. The van der Waals surface area contributed by atoms with Gasteiger partial charge in [0.05, 0.1) is 29.2 Å². The van der Waals surface area contributed by atoms with Gasteiger partial charge in [-0.2, -0.15) is 0 Å². The zero-order chi connectivity index (χ0) is 31.0. The lowest BCUT2D eigenvalue weighted by Gasteiger charge is -2.18. The predicted octanol–water partition coefficient (Wildman–Crippen LogP) is 4.27. The summed E-state index contributed by atoms with van der Waals surface area (Å²) in [6.45, 7) is 0. The van der Waals surface area contributed by atoms with Gasteiger partial charge < -0.3 is 9.72 Å². The van der Waals surface area contributed by atoms with Gasteiger partial charge in [-0.15, -0.1) is 13.2 Å². The van der Waals surface area contributed by atoms with Crippen LogP contribution >= 0.6 is 0 Å². The number of nitrogens with one attached hydrogen (secondary N) is 3. The van der Waals surface area contributed by atoms with Crippen molar-refractivity contribution in [2.24, 2.45) is 0 Å². The molecule has 2 heterocycles. The average Bonchev–Trinajstić information content (AvgIpc) is 3.52. The van der Waals surface area contributed by atoms with E-state index in [0.717, 1.165) is 24.3 Å². The Hall–Kier alpha value is -4.28. The van der Waals surface area contributed by atoms with E-state index >= 15 is 0 Å². The summed E-state index contributed by atoms with van der Waals surface area (Å²) in [5.41, 5.74) is 1.74.